The quantitative estimate of drug-likeness (QED) is 0.774. The molecule has 0 spiro atoms. The fourth-order valence-corrected chi connectivity index (χ4v) is 2.52. The van der Waals surface area contributed by atoms with E-state index in [1.54, 1.807) is 10.9 Å². The first kappa shape index (κ1) is 17.7. The first-order valence-corrected chi connectivity index (χ1v) is 7.73. The Hall–Kier alpha value is -3.10. The molecule has 9 heteroatoms. The third-order valence-corrected chi connectivity index (χ3v) is 3.89. The Kier molecular flexibility index (Phi) is 4.54. The van der Waals surface area contributed by atoms with E-state index in [1.165, 1.54) is 6.20 Å². The molecule has 26 heavy (non-hydrogen) atoms. The van der Waals surface area contributed by atoms with Crippen LogP contribution in [-0.2, 0) is 19.8 Å². The van der Waals surface area contributed by atoms with Gasteiger partial charge in [0, 0.05) is 19.3 Å². The Morgan fingerprint density at radius 3 is 2.65 bits per heavy atom. The molecule has 0 bridgehead atoms. The molecule has 0 aliphatic heterocycles. The topological polar surface area (TPSA) is 64.7 Å². The lowest BCUT2D eigenvalue weighted by Gasteiger charge is -2.05. The van der Waals surface area contributed by atoms with E-state index in [-0.39, 0.29) is 5.69 Å². The van der Waals surface area contributed by atoms with Crippen molar-refractivity contribution in [3.63, 3.8) is 0 Å². The van der Waals surface area contributed by atoms with Crippen LogP contribution < -0.4 is 5.32 Å². The normalized spacial score (nSPS) is 11.6. The van der Waals surface area contributed by atoms with Crippen molar-refractivity contribution in [1.82, 2.24) is 19.6 Å². The van der Waals surface area contributed by atoms with Crippen LogP contribution in [0, 0.1) is 6.92 Å². The second-order valence-corrected chi connectivity index (χ2v) is 5.84. The van der Waals surface area contributed by atoms with E-state index >= 15 is 0 Å². The minimum Gasteiger partial charge on any atom is -0.318 e. The highest BCUT2D eigenvalue weighted by molar-refractivity contribution is 6.02. The number of aryl methyl sites for hydroxylation is 2. The van der Waals surface area contributed by atoms with Crippen LogP contribution in [0.1, 0.15) is 27.3 Å². The highest BCUT2D eigenvalue weighted by atomic mass is 19.4. The summed E-state index contributed by atoms with van der Waals surface area (Å²) in [5, 5.41) is 10.3. The molecule has 0 saturated heterocycles. The van der Waals surface area contributed by atoms with Gasteiger partial charge in [0.15, 0.2) is 5.69 Å². The van der Waals surface area contributed by atoms with E-state index in [0.29, 0.717) is 23.0 Å². The van der Waals surface area contributed by atoms with Crippen molar-refractivity contribution < 1.29 is 18.0 Å². The highest BCUT2D eigenvalue weighted by Gasteiger charge is 2.35. The molecule has 0 unspecified atom stereocenters. The summed E-state index contributed by atoms with van der Waals surface area (Å²) in [4.78, 5) is 12.1. The predicted molar refractivity (Wildman–Crippen MR) is 88.7 cm³/mol. The summed E-state index contributed by atoms with van der Waals surface area (Å²) in [6.45, 7) is 2.51. The van der Waals surface area contributed by atoms with E-state index in [0.717, 1.165) is 18.2 Å². The van der Waals surface area contributed by atoms with Gasteiger partial charge in [-0.1, -0.05) is 24.3 Å². The van der Waals surface area contributed by atoms with Crippen LogP contribution in [0.4, 0.5) is 18.9 Å². The SMILES string of the molecule is Cc1ccccc1Cn1cc(NC(=O)c2cc(C(F)(F)F)n(C)n2)cn1. The van der Waals surface area contributed by atoms with Crippen LogP contribution >= 0.6 is 0 Å². The molecule has 1 N–H and O–H groups in total. The molecule has 0 saturated carbocycles. The van der Waals surface area contributed by atoms with Crippen LogP contribution in [0.5, 0.6) is 0 Å². The summed E-state index contributed by atoms with van der Waals surface area (Å²) in [6.07, 6.45) is -1.53. The van der Waals surface area contributed by atoms with E-state index in [1.807, 2.05) is 31.2 Å². The first-order chi connectivity index (χ1) is 12.2. The maximum absolute atomic E-state index is 12.8. The molecule has 6 nitrogen and oxygen atoms in total. The van der Waals surface area contributed by atoms with Gasteiger partial charge < -0.3 is 5.32 Å². The fraction of sp³-hybridized carbons (Fsp3) is 0.235. The van der Waals surface area contributed by atoms with Gasteiger partial charge in [0.05, 0.1) is 18.4 Å². The smallest absolute Gasteiger partial charge is 0.318 e. The zero-order valence-corrected chi connectivity index (χ0v) is 14.1. The number of carbonyl (C=O) groups is 1. The van der Waals surface area contributed by atoms with Gasteiger partial charge in [-0.15, -0.1) is 0 Å². The van der Waals surface area contributed by atoms with Gasteiger partial charge in [-0.05, 0) is 18.1 Å². The van der Waals surface area contributed by atoms with Gasteiger partial charge in [-0.25, -0.2) is 0 Å². The number of aromatic nitrogens is 4. The Bertz CT molecular complexity index is 942. The van der Waals surface area contributed by atoms with Crippen molar-refractivity contribution in [2.45, 2.75) is 19.6 Å². The average Bonchev–Trinajstić information content (AvgIpc) is 3.16. The van der Waals surface area contributed by atoms with Crippen LogP contribution in [0.3, 0.4) is 0 Å². The molecule has 136 valence electrons. The largest absolute Gasteiger partial charge is 0.433 e. The fourth-order valence-electron chi connectivity index (χ4n) is 2.52. The molecule has 0 radical (unpaired) electrons. The maximum atomic E-state index is 12.8. The number of rotatable bonds is 4. The molecular weight excluding hydrogens is 347 g/mol. The number of benzene rings is 1. The standard InChI is InChI=1S/C17H16F3N5O/c1-11-5-3-4-6-12(11)9-25-10-13(8-21-25)22-16(26)14-7-15(17(18,19)20)24(2)23-14/h3-8,10H,9H2,1-2H3,(H,22,26). The van der Waals surface area contributed by atoms with Gasteiger partial charge in [0.2, 0.25) is 0 Å². The number of nitrogens with zero attached hydrogens (tertiary/aromatic N) is 4. The lowest BCUT2D eigenvalue weighted by atomic mass is 10.1. The van der Waals surface area contributed by atoms with Crippen molar-refractivity contribution >= 4 is 11.6 Å². The van der Waals surface area contributed by atoms with Gasteiger partial charge in [-0.3, -0.25) is 14.2 Å². The van der Waals surface area contributed by atoms with Crippen molar-refractivity contribution in [3.8, 4) is 0 Å². The molecule has 3 aromatic rings. The van der Waals surface area contributed by atoms with Crippen molar-refractivity contribution in [2.75, 3.05) is 5.32 Å². The highest BCUT2D eigenvalue weighted by Crippen LogP contribution is 2.29. The Balaban J connectivity index is 1.71. The molecule has 0 aliphatic carbocycles. The minimum atomic E-state index is -4.57. The summed E-state index contributed by atoms with van der Waals surface area (Å²) >= 11 is 0. The van der Waals surface area contributed by atoms with E-state index in [4.69, 9.17) is 0 Å². The first-order valence-electron chi connectivity index (χ1n) is 7.73. The van der Waals surface area contributed by atoms with E-state index in [2.05, 4.69) is 15.5 Å². The lowest BCUT2D eigenvalue weighted by molar-refractivity contribution is -0.143. The molecule has 0 aliphatic rings. The number of nitrogens with one attached hydrogen (secondary N) is 1. The van der Waals surface area contributed by atoms with Gasteiger partial charge in [-0.2, -0.15) is 23.4 Å². The molecule has 1 amide bonds. The predicted octanol–water partition coefficient (Wildman–Crippen LogP) is 3.24. The van der Waals surface area contributed by atoms with Gasteiger partial charge in [0.25, 0.3) is 5.91 Å². The Morgan fingerprint density at radius 1 is 1.27 bits per heavy atom. The molecule has 2 aromatic heterocycles. The summed E-state index contributed by atoms with van der Waals surface area (Å²) in [5.41, 5.74) is 1.27. The Morgan fingerprint density at radius 2 is 2.00 bits per heavy atom. The van der Waals surface area contributed by atoms with Crippen LogP contribution in [-0.4, -0.2) is 25.5 Å². The minimum absolute atomic E-state index is 0.313. The zero-order valence-electron chi connectivity index (χ0n) is 14.1. The Labute approximate surface area is 147 Å². The molecular formula is C17H16F3N5O. The summed E-state index contributed by atoms with van der Waals surface area (Å²) in [5.74, 6) is -0.730. The average molecular weight is 363 g/mol. The summed E-state index contributed by atoms with van der Waals surface area (Å²) in [7, 11) is 1.14. The third-order valence-electron chi connectivity index (χ3n) is 3.89. The number of halogens is 3. The zero-order chi connectivity index (χ0) is 18.9. The molecule has 0 atom stereocenters. The summed E-state index contributed by atoms with van der Waals surface area (Å²) < 4.78 is 40.6. The second-order valence-electron chi connectivity index (χ2n) is 5.84. The monoisotopic (exact) mass is 363 g/mol. The van der Waals surface area contributed by atoms with Gasteiger partial charge in [0.1, 0.15) is 5.69 Å². The van der Waals surface area contributed by atoms with Crippen molar-refractivity contribution in [1.29, 1.82) is 0 Å². The van der Waals surface area contributed by atoms with Crippen molar-refractivity contribution in [2.24, 2.45) is 7.05 Å². The van der Waals surface area contributed by atoms with Crippen LogP contribution in [0.2, 0.25) is 0 Å². The van der Waals surface area contributed by atoms with Crippen molar-refractivity contribution in [3.05, 3.63) is 65.2 Å². The van der Waals surface area contributed by atoms with Crippen LogP contribution in [0.25, 0.3) is 0 Å². The van der Waals surface area contributed by atoms with Crippen LogP contribution in [0.15, 0.2) is 42.7 Å². The molecule has 1 aromatic carbocycles. The van der Waals surface area contributed by atoms with E-state index < -0.39 is 17.8 Å². The number of carbonyl (C=O) groups excluding carboxylic acids is 1. The summed E-state index contributed by atoms with van der Waals surface area (Å²) in [6, 6.07) is 8.54. The molecule has 3 rings (SSSR count). The number of anilines is 1. The lowest BCUT2D eigenvalue weighted by Crippen LogP contribution is -2.12. The maximum Gasteiger partial charge on any atom is 0.433 e. The molecule has 0 fully saturated rings. The second kappa shape index (κ2) is 6.66. The molecule has 2 heterocycles. The third kappa shape index (κ3) is 3.76. The number of hydrogen-bond donors (Lipinski definition) is 1. The number of hydrogen-bond acceptors (Lipinski definition) is 3. The number of alkyl halides is 3. The number of amides is 1. The van der Waals surface area contributed by atoms with Gasteiger partial charge >= 0.3 is 6.18 Å². The van der Waals surface area contributed by atoms with E-state index in [9.17, 15) is 18.0 Å².